The molecule has 0 rings (SSSR count). The fraction of sp³-hybridized carbons (Fsp3) is 0.625. The largest absolute Gasteiger partial charge is 0.458 e. The Morgan fingerprint density at radius 2 is 1.92 bits per heavy atom. The Hall–Kier alpha value is 0.0800. The maximum atomic E-state index is 10.7. The summed E-state index contributed by atoms with van der Waals surface area (Å²) in [5, 5.41) is 0. The zero-order valence-electron chi connectivity index (χ0n) is 7.44. The van der Waals surface area contributed by atoms with Gasteiger partial charge in [-0.15, -0.1) is 0 Å². The van der Waals surface area contributed by atoms with Crippen LogP contribution >= 0.6 is 34.8 Å². The van der Waals surface area contributed by atoms with Crippen molar-refractivity contribution >= 4 is 40.8 Å². The molecule has 0 radical (unpaired) electrons. The fourth-order valence-corrected chi connectivity index (χ4v) is 1.11. The second-order valence-electron chi connectivity index (χ2n) is 2.80. The van der Waals surface area contributed by atoms with E-state index in [-0.39, 0.29) is 0 Å². The minimum atomic E-state index is -1.61. The minimum absolute atomic E-state index is 0.343. The van der Waals surface area contributed by atoms with Crippen LogP contribution in [-0.4, -0.2) is 15.9 Å². The van der Waals surface area contributed by atoms with Crippen molar-refractivity contribution in [1.82, 2.24) is 0 Å². The van der Waals surface area contributed by atoms with E-state index in [1.807, 2.05) is 0 Å². The van der Waals surface area contributed by atoms with Crippen molar-refractivity contribution < 1.29 is 9.53 Å². The first-order valence-corrected chi connectivity index (χ1v) is 4.75. The number of carbonyl (C=O) groups excluding carboxylic acids is 1. The van der Waals surface area contributed by atoms with Gasteiger partial charge in [0.2, 0.25) is 3.79 Å². The SMILES string of the molecule is C=C(C)CC(OC(C)=O)C(Cl)(Cl)Cl. The number of alkyl halides is 3. The van der Waals surface area contributed by atoms with Crippen LogP contribution in [0.15, 0.2) is 12.2 Å². The summed E-state index contributed by atoms with van der Waals surface area (Å²) in [6.45, 7) is 6.68. The van der Waals surface area contributed by atoms with Gasteiger partial charge in [0, 0.05) is 13.3 Å². The number of hydrogen-bond donors (Lipinski definition) is 0. The van der Waals surface area contributed by atoms with Gasteiger partial charge in [-0.05, 0) is 6.92 Å². The predicted molar refractivity (Wildman–Crippen MR) is 55.3 cm³/mol. The normalized spacial score (nSPS) is 13.6. The number of carbonyl (C=O) groups is 1. The van der Waals surface area contributed by atoms with Crippen molar-refractivity contribution in [2.45, 2.75) is 30.2 Å². The smallest absolute Gasteiger partial charge is 0.303 e. The summed E-state index contributed by atoms with van der Waals surface area (Å²) in [7, 11) is 0. The molecule has 0 aromatic carbocycles. The molecule has 0 aliphatic heterocycles. The van der Waals surface area contributed by atoms with Crippen LogP contribution in [0, 0.1) is 0 Å². The third kappa shape index (κ3) is 6.19. The molecular weight excluding hydrogens is 234 g/mol. The standard InChI is InChI=1S/C8H11Cl3O2/c1-5(2)4-7(8(9,10)11)13-6(3)12/h7H,1,4H2,2-3H3. The molecule has 0 saturated heterocycles. The molecule has 1 atom stereocenters. The van der Waals surface area contributed by atoms with Crippen LogP contribution in [0.25, 0.3) is 0 Å². The summed E-state index contributed by atoms with van der Waals surface area (Å²) in [6.07, 6.45) is -0.428. The van der Waals surface area contributed by atoms with Crippen LogP contribution in [0.4, 0.5) is 0 Å². The highest BCUT2D eigenvalue weighted by atomic mass is 35.6. The van der Waals surface area contributed by atoms with Crippen molar-refractivity contribution in [3.8, 4) is 0 Å². The second-order valence-corrected chi connectivity index (χ2v) is 5.17. The Bertz CT molecular complexity index is 192. The molecule has 0 amide bonds. The fourth-order valence-electron chi connectivity index (χ4n) is 0.741. The van der Waals surface area contributed by atoms with Crippen molar-refractivity contribution in [1.29, 1.82) is 0 Å². The maximum Gasteiger partial charge on any atom is 0.303 e. The lowest BCUT2D eigenvalue weighted by Gasteiger charge is -2.23. The molecule has 0 aromatic heterocycles. The molecular formula is C8H11Cl3O2. The van der Waals surface area contributed by atoms with Gasteiger partial charge >= 0.3 is 5.97 Å². The first kappa shape index (κ1) is 13.1. The van der Waals surface area contributed by atoms with Gasteiger partial charge in [0.1, 0.15) is 0 Å². The van der Waals surface area contributed by atoms with Gasteiger partial charge in [-0.3, -0.25) is 4.79 Å². The molecule has 5 heteroatoms. The van der Waals surface area contributed by atoms with Crippen LogP contribution in [0.3, 0.4) is 0 Å². The van der Waals surface area contributed by atoms with E-state index in [1.54, 1.807) is 6.92 Å². The van der Waals surface area contributed by atoms with E-state index < -0.39 is 15.9 Å². The lowest BCUT2D eigenvalue weighted by molar-refractivity contribution is -0.146. The van der Waals surface area contributed by atoms with Gasteiger partial charge < -0.3 is 4.74 Å². The molecule has 2 nitrogen and oxygen atoms in total. The van der Waals surface area contributed by atoms with Crippen LogP contribution < -0.4 is 0 Å². The first-order valence-electron chi connectivity index (χ1n) is 3.61. The second kappa shape index (κ2) is 5.08. The number of hydrogen-bond acceptors (Lipinski definition) is 2. The Morgan fingerprint density at radius 1 is 1.46 bits per heavy atom. The van der Waals surface area contributed by atoms with Gasteiger partial charge in [-0.1, -0.05) is 47.0 Å². The van der Waals surface area contributed by atoms with Crippen LogP contribution in [0.2, 0.25) is 0 Å². The molecule has 0 fully saturated rings. The summed E-state index contributed by atoms with van der Waals surface area (Å²) in [5.41, 5.74) is 0.789. The van der Waals surface area contributed by atoms with E-state index in [0.29, 0.717) is 6.42 Å². The van der Waals surface area contributed by atoms with Gasteiger partial charge in [-0.25, -0.2) is 0 Å². The monoisotopic (exact) mass is 244 g/mol. The third-order valence-electron chi connectivity index (χ3n) is 1.21. The summed E-state index contributed by atoms with van der Waals surface area (Å²) < 4.78 is 3.22. The molecule has 0 bridgehead atoms. The third-order valence-corrected chi connectivity index (χ3v) is 1.94. The average molecular weight is 246 g/mol. The number of rotatable bonds is 3. The molecule has 0 saturated carbocycles. The molecule has 1 unspecified atom stereocenters. The quantitative estimate of drug-likeness (QED) is 0.433. The summed E-state index contributed by atoms with van der Waals surface area (Å²) in [6, 6.07) is 0. The minimum Gasteiger partial charge on any atom is -0.458 e. The van der Waals surface area contributed by atoms with Crippen molar-refractivity contribution in [2.75, 3.05) is 0 Å². The van der Waals surface area contributed by atoms with Gasteiger partial charge in [-0.2, -0.15) is 0 Å². The number of halogens is 3. The average Bonchev–Trinajstić information content (AvgIpc) is 1.81. The van der Waals surface area contributed by atoms with Gasteiger partial charge in [0.05, 0.1) is 0 Å². The molecule has 76 valence electrons. The van der Waals surface area contributed by atoms with Crippen molar-refractivity contribution in [3.63, 3.8) is 0 Å². The molecule has 0 heterocycles. The van der Waals surface area contributed by atoms with E-state index in [1.165, 1.54) is 6.92 Å². The molecule has 0 N–H and O–H groups in total. The van der Waals surface area contributed by atoms with E-state index in [9.17, 15) is 4.79 Å². The van der Waals surface area contributed by atoms with Crippen LogP contribution in [-0.2, 0) is 9.53 Å². The highest BCUT2D eigenvalue weighted by molar-refractivity contribution is 6.68. The zero-order chi connectivity index (χ0) is 10.6. The Labute approximate surface area is 92.8 Å². The molecule has 0 aliphatic rings. The van der Waals surface area contributed by atoms with E-state index in [4.69, 9.17) is 39.5 Å². The summed E-state index contributed by atoms with van der Waals surface area (Å²) in [5.74, 6) is -0.474. The first-order chi connectivity index (χ1) is 5.73. The highest BCUT2D eigenvalue weighted by Crippen LogP contribution is 2.35. The lowest BCUT2D eigenvalue weighted by atomic mass is 10.1. The maximum absolute atomic E-state index is 10.7. The molecule has 0 aliphatic carbocycles. The predicted octanol–water partition coefficient (Wildman–Crippen LogP) is 3.25. The summed E-state index contributed by atoms with van der Waals surface area (Å²) >= 11 is 16.8. The number of ether oxygens (including phenoxy) is 1. The van der Waals surface area contributed by atoms with E-state index in [0.717, 1.165) is 5.57 Å². The van der Waals surface area contributed by atoms with E-state index in [2.05, 4.69) is 6.58 Å². The van der Waals surface area contributed by atoms with Gasteiger partial charge in [0.15, 0.2) is 6.10 Å². The summed E-state index contributed by atoms with van der Waals surface area (Å²) in [4.78, 5) is 10.7. The zero-order valence-corrected chi connectivity index (χ0v) is 9.71. The van der Waals surface area contributed by atoms with Crippen LogP contribution in [0.5, 0.6) is 0 Å². The van der Waals surface area contributed by atoms with Crippen molar-refractivity contribution in [3.05, 3.63) is 12.2 Å². The van der Waals surface area contributed by atoms with Crippen molar-refractivity contribution in [2.24, 2.45) is 0 Å². The molecule has 0 spiro atoms. The van der Waals surface area contributed by atoms with E-state index >= 15 is 0 Å². The Morgan fingerprint density at radius 3 is 2.15 bits per heavy atom. The lowest BCUT2D eigenvalue weighted by Crippen LogP contribution is -2.30. The Balaban J connectivity index is 4.37. The topological polar surface area (TPSA) is 26.3 Å². The molecule has 13 heavy (non-hydrogen) atoms. The molecule has 0 aromatic rings. The van der Waals surface area contributed by atoms with Gasteiger partial charge in [0.25, 0.3) is 0 Å². The highest BCUT2D eigenvalue weighted by Gasteiger charge is 2.35. The van der Waals surface area contributed by atoms with Crippen LogP contribution in [0.1, 0.15) is 20.3 Å². The Kier molecular flexibility index (Phi) is 5.11. The number of esters is 1.